The second kappa shape index (κ2) is 7.04. The van der Waals surface area contributed by atoms with Gasteiger partial charge in [0.15, 0.2) is 0 Å². The van der Waals surface area contributed by atoms with Gasteiger partial charge in [0, 0.05) is 25.7 Å². The molecule has 1 heterocycles. The van der Waals surface area contributed by atoms with Crippen molar-refractivity contribution in [3.8, 4) is 0 Å². The lowest BCUT2D eigenvalue weighted by Gasteiger charge is -2.27. The van der Waals surface area contributed by atoms with Crippen molar-refractivity contribution in [1.29, 1.82) is 0 Å². The molecule has 0 amide bonds. The Balaban J connectivity index is 1.93. The zero-order valence-electron chi connectivity index (χ0n) is 12.4. The molecule has 1 N–H and O–H groups in total. The summed E-state index contributed by atoms with van der Waals surface area (Å²) in [6.45, 7) is 5.16. The smallest absolute Gasteiger partial charge is 0.0702 e. The number of rotatable bonds is 6. The van der Waals surface area contributed by atoms with E-state index in [9.17, 15) is 0 Å². The van der Waals surface area contributed by atoms with Gasteiger partial charge in [-0.1, -0.05) is 24.3 Å². The second-order valence-electron chi connectivity index (χ2n) is 5.55. The lowest BCUT2D eigenvalue weighted by Crippen LogP contribution is -2.36. The molecular weight excluding hydrogens is 236 g/mol. The van der Waals surface area contributed by atoms with Gasteiger partial charge in [-0.15, -0.1) is 0 Å². The number of benzene rings is 1. The summed E-state index contributed by atoms with van der Waals surface area (Å²) in [6, 6.07) is 9.00. The summed E-state index contributed by atoms with van der Waals surface area (Å²) in [5, 5.41) is 3.43. The van der Waals surface area contributed by atoms with Crippen molar-refractivity contribution in [2.45, 2.75) is 31.9 Å². The highest BCUT2D eigenvalue weighted by molar-refractivity contribution is 5.28. The topological polar surface area (TPSA) is 24.5 Å². The summed E-state index contributed by atoms with van der Waals surface area (Å²) in [7, 11) is 4.22. The largest absolute Gasteiger partial charge is 0.377 e. The molecule has 1 aromatic carbocycles. The summed E-state index contributed by atoms with van der Waals surface area (Å²) in [5.74, 6) is 0. The van der Waals surface area contributed by atoms with E-state index in [0.29, 0.717) is 12.1 Å². The zero-order valence-corrected chi connectivity index (χ0v) is 12.4. The molecule has 3 heteroatoms. The van der Waals surface area contributed by atoms with Crippen LogP contribution in [0.4, 0.5) is 0 Å². The summed E-state index contributed by atoms with van der Waals surface area (Å²) in [4.78, 5) is 2.38. The van der Waals surface area contributed by atoms with Gasteiger partial charge in [-0.25, -0.2) is 0 Å². The Labute approximate surface area is 116 Å². The maximum absolute atomic E-state index is 5.71. The van der Waals surface area contributed by atoms with Crippen LogP contribution in [0.5, 0.6) is 0 Å². The van der Waals surface area contributed by atoms with Gasteiger partial charge in [-0.2, -0.15) is 0 Å². The van der Waals surface area contributed by atoms with Gasteiger partial charge in [-0.3, -0.25) is 0 Å². The van der Waals surface area contributed by atoms with E-state index in [1.807, 2.05) is 7.05 Å². The average Bonchev–Trinajstić information content (AvgIpc) is 2.89. The van der Waals surface area contributed by atoms with Crippen LogP contribution >= 0.6 is 0 Å². The van der Waals surface area contributed by atoms with Crippen molar-refractivity contribution in [2.24, 2.45) is 0 Å². The first-order valence-electron chi connectivity index (χ1n) is 7.23. The Hall–Kier alpha value is -0.900. The number of likely N-dealkylation sites (N-methyl/N-ethyl adjacent to an activating group) is 2. The minimum Gasteiger partial charge on any atom is -0.377 e. The number of ether oxygens (including phenoxy) is 1. The summed E-state index contributed by atoms with van der Waals surface area (Å²) in [5.41, 5.74) is 2.75. The van der Waals surface area contributed by atoms with E-state index in [4.69, 9.17) is 4.74 Å². The first kappa shape index (κ1) is 14.5. The molecule has 1 fully saturated rings. The van der Waals surface area contributed by atoms with Crippen molar-refractivity contribution in [2.75, 3.05) is 33.8 Å². The third kappa shape index (κ3) is 4.03. The van der Waals surface area contributed by atoms with Gasteiger partial charge >= 0.3 is 0 Å². The summed E-state index contributed by atoms with van der Waals surface area (Å²) >= 11 is 0. The predicted octanol–water partition coefficient (Wildman–Crippen LogP) is 2.37. The maximum atomic E-state index is 5.71. The van der Waals surface area contributed by atoms with Gasteiger partial charge in [0.05, 0.1) is 6.10 Å². The third-order valence-corrected chi connectivity index (χ3v) is 3.95. The molecule has 1 aliphatic rings. The van der Waals surface area contributed by atoms with Crippen LogP contribution in [-0.4, -0.2) is 44.8 Å². The average molecular weight is 262 g/mol. The SMILES string of the molecule is CNC(CN(C)CC1CCCO1)c1ccccc1C. The molecular formula is C16H26N2O. The Bertz CT molecular complexity index is 388. The fourth-order valence-corrected chi connectivity index (χ4v) is 2.85. The van der Waals surface area contributed by atoms with E-state index in [0.717, 1.165) is 19.7 Å². The van der Waals surface area contributed by atoms with Crippen LogP contribution in [0.1, 0.15) is 30.0 Å². The molecule has 0 saturated carbocycles. The van der Waals surface area contributed by atoms with Crippen LogP contribution < -0.4 is 5.32 Å². The van der Waals surface area contributed by atoms with Gasteiger partial charge in [0.1, 0.15) is 0 Å². The molecule has 106 valence electrons. The number of hydrogen-bond donors (Lipinski definition) is 1. The lowest BCUT2D eigenvalue weighted by atomic mass is 10.0. The Morgan fingerprint density at radius 1 is 1.42 bits per heavy atom. The fourth-order valence-electron chi connectivity index (χ4n) is 2.85. The Kier molecular flexibility index (Phi) is 5.37. The number of nitrogens with one attached hydrogen (secondary N) is 1. The molecule has 0 radical (unpaired) electrons. The van der Waals surface area contributed by atoms with Gasteiger partial charge < -0.3 is 15.0 Å². The minimum absolute atomic E-state index is 0.382. The van der Waals surface area contributed by atoms with Crippen LogP contribution in [0.15, 0.2) is 24.3 Å². The molecule has 19 heavy (non-hydrogen) atoms. The Morgan fingerprint density at radius 2 is 2.21 bits per heavy atom. The fraction of sp³-hybridized carbons (Fsp3) is 0.625. The zero-order chi connectivity index (χ0) is 13.7. The van der Waals surface area contributed by atoms with Crippen molar-refractivity contribution in [1.82, 2.24) is 10.2 Å². The molecule has 0 aromatic heterocycles. The standard InChI is InChI=1S/C16H26N2O/c1-13-7-4-5-9-15(13)16(17-2)12-18(3)11-14-8-6-10-19-14/h4-5,7,9,14,16-17H,6,8,10-12H2,1-3H3. The van der Waals surface area contributed by atoms with Crippen molar-refractivity contribution in [3.05, 3.63) is 35.4 Å². The highest BCUT2D eigenvalue weighted by Crippen LogP contribution is 2.19. The molecule has 2 rings (SSSR count). The van der Waals surface area contributed by atoms with E-state index in [1.54, 1.807) is 0 Å². The summed E-state index contributed by atoms with van der Waals surface area (Å²) in [6.07, 6.45) is 2.85. The third-order valence-electron chi connectivity index (χ3n) is 3.95. The minimum atomic E-state index is 0.382. The number of aryl methyl sites for hydroxylation is 1. The first-order chi connectivity index (χ1) is 9.20. The monoisotopic (exact) mass is 262 g/mol. The number of nitrogens with zero attached hydrogens (tertiary/aromatic N) is 1. The molecule has 1 aliphatic heterocycles. The van der Waals surface area contributed by atoms with E-state index < -0.39 is 0 Å². The molecule has 2 atom stereocenters. The number of hydrogen-bond acceptors (Lipinski definition) is 3. The molecule has 0 spiro atoms. The predicted molar refractivity (Wildman–Crippen MR) is 79.5 cm³/mol. The normalized spacial score (nSPS) is 20.9. The van der Waals surface area contributed by atoms with Crippen LogP contribution in [0.25, 0.3) is 0 Å². The van der Waals surface area contributed by atoms with Gasteiger partial charge in [0.2, 0.25) is 0 Å². The maximum Gasteiger partial charge on any atom is 0.0702 e. The van der Waals surface area contributed by atoms with Gasteiger partial charge in [0.25, 0.3) is 0 Å². The van der Waals surface area contributed by atoms with E-state index in [-0.39, 0.29) is 0 Å². The van der Waals surface area contributed by atoms with Crippen LogP contribution in [0, 0.1) is 6.92 Å². The van der Waals surface area contributed by atoms with E-state index >= 15 is 0 Å². The summed E-state index contributed by atoms with van der Waals surface area (Å²) < 4.78 is 5.71. The molecule has 1 saturated heterocycles. The highest BCUT2D eigenvalue weighted by atomic mass is 16.5. The highest BCUT2D eigenvalue weighted by Gasteiger charge is 2.20. The molecule has 0 bridgehead atoms. The van der Waals surface area contributed by atoms with Gasteiger partial charge in [-0.05, 0) is 45.0 Å². The van der Waals surface area contributed by atoms with Crippen LogP contribution in [0.3, 0.4) is 0 Å². The van der Waals surface area contributed by atoms with Crippen LogP contribution in [-0.2, 0) is 4.74 Å². The quantitative estimate of drug-likeness (QED) is 0.852. The van der Waals surface area contributed by atoms with Crippen LogP contribution in [0.2, 0.25) is 0 Å². The molecule has 2 unspecified atom stereocenters. The van der Waals surface area contributed by atoms with Crippen molar-refractivity contribution in [3.63, 3.8) is 0 Å². The van der Waals surface area contributed by atoms with E-state index in [2.05, 4.69) is 48.5 Å². The van der Waals surface area contributed by atoms with Crippen molar-refractivity contribution >= 4 is 0 Å². The Morgan fingerprint density at radius 3 is 2.84 bits per heavy atom. The second-order valence-corrected chi connectivity index (χ2v) is 5.55. The molecule has 0 aliphatic carbocycles. The molecule has 3 nitrogen and oxygen atoms in total. The first-order valence-corrected chi connectivity index (χ1v) is 7.23. The van der Waals surface area contributed by atoms with E-state index in [1.165, 1.54) is 24.0 Å². The molecule has 1 aromatic rings. The van der Waals surface area contributed by atoms with Crippen molar-refractivity contribution < 1.29 is 4.74 Å². The lowest BCUT2D eigenvalue weighted by molar-refractivity contribution is 0.0786.